The first-order chi connectivity index (χ1) is 8.83. The number of pyridine rings is 1. The van der Waals surface area contributed by atoms with E-state index in [0.717, 1.165) is 24.6 Å². The van der Waals surface area contributed by atoms with Gasteiger partial charge < -0.3 is 14.6 Å². The molecule has 0 bridgehead atoms. The van der Waals surface area contributed by atoms with Crippen molar-refractivity contribution < 1.29 is 4.74 Å². The lowest BCUT2D eigenvalue weighted by molar-refractivity contribution is 0.395. The van der Waals surface area contributed by atoms with Gasteiger partial charge in [0.15, 0.2) is 0 Å². The maximum Gasteiger partial charge on any atom is 0.213 e. The Kier molecular flexibility index (Phi) is 4.30. The predicted molar refractivity (Wildman–Crippen MR) is 69.5 cm³/mol. The number of aromatic nitrogens is 3. The average molecular weight is 246 g/mol. The van der Waals surface area contributed by atoms with Crippen LogP contribution in [0.3, 0.4) is 0 Å². The molecule has 0 aliphatic carbocycles. The first-order valence-corrected chi connectivity index (χ1v) is 6.04. The molecule has 0 amide bonds. The SMILES string of the molecule is CCNCc1nccn1Cc1cccc(OC)n1. The normalized spacial score (nSPS) is 10.6. The van der Waals surface area contributed by atoms with Crippen molar-refractivity contribution in [1.29, 1.82) is 0 Å². The minimum absolute atomic E-state index is 0.640. The van der Waals surface area contributed by atoms with Gasteiger partial charge in [-0.2, -0.15) is 0 Å². The molecule has 2 heterocycles. The first kappa shape index (κ1) is 12.6. The van der Waals surface area contributed by atoms with E-state index in [1.165, 1.54) is 0 Å². The summed E-state index contributed by atoms with van der Waals surface area (Å²) in [6.07, 6.45) is 3.78. The fraction of sp³-hybridized carbons (Fsp3) is 0.385. The minimum atomic E-state index is 0.640. The fourth-order valence-electron chi connectivity index (χ4n) is 1.72. The third kappa shape index (κ3) is 3.07. The molecular formula is C13H18N4O. The van der Waals surface area contributed by atoms with Gasteiger partial charge in [0.1, 0.15) is 5.82 Å². The zero-order valence-electron chi connectivity index (χ0n) is 10.8. The number of nitrogens with one attached hydrogen (secondary N) is 1. The van der Waals surface area contributed by atoms with Gasteiger partial charge >= 0.3 is 0 Å². The van der Waals surface area contributed by atoms with Crippen LogP contribution in [0, 0.1) is 0 Å². The van der Waals surface area contributed by atoms with Crippen molar-refractivity contribution in [2.24, 2.45) is 0 Å². The molecule has 2 rings (SSSR count). The third-order valence-corrected chi connectivity index (χ3v) is 2.66. The monoisotopic (exact) mass is 246 g/mol. The molecule has 0 aliphatic heterocycles. The predicted octanol–water partition coefficient (Wildman–Crippen LogP) is 1.44. The summed E-state index contributed by atoms with van der Waals surface area (Å²) >= 11 is 0. The van der Waals surface area contributed by atoms with Crippen molar-refractivity contribution in [2.75, 3.05) is 13.7 Å². The smallest absolute Gasteiger partial charge is 0.213 e. The van der Waals surface area contributed by atoms with Crippen LogP contribution >= 0.6 is 0 Å². The van der Waals surface area contributed by atoms with Gasteiger partial charge in [-0.15, -0.1) is 0 Å². The Balaban J connectivity index is 2.10. The lowest BCUT2D eigenvalue weighted by Gasteiger charge is -2.08. The number of hydrogen-bond donors (Lipinski definition) is 1. The molecule has 0 unspecified atom stereocenters. The lowest BCUT2D eigenvalue weighted by Crippen LogP contribution is -2.16. The molecule has 5 heteroatoms. The van der Waals surface area contributed by atoms with Crippen LogP contribution in [0.15, 0.2) is 30.6 Å². The van der Waals surface area contributed by atoms with Crippen LogP contribution in [-0.2, 0) is 13.1 Å². The Hall–Kier alpha value is -1.88. The Bertz CT molecular complexity index is 495. The first-order valence-electron chi connectivity index (χ1n) is 6.04. The van der Waals surface area contributed by atoms with Gasteiger partial charge in [0.25, 0.3) is 0 Å². The summed E-state index contributed by atoms with van der Waals surface area (Å²) in [7, 11) is 1.62. The summed E-state index contributed by atoms with van der Waals surface area (Å²) in [6.45, 7) is 4.49. The van der Waals surface area contributed by atoms with E-state index in [0.29, 0.717) is 12.4 Å². The van der Waals surface area contributed by atoms with E-state index in [9.17, 15) is 0 Å². The highest BCUT2D eigenvalue weighted by molar-refractivity contribution is 5.16. The Morgan fingerprint density at radius 1 is 1.39 bits per heavy atom. The molecule has 0 aliphatic rings. The van der Waals surface area contributed by atoms with E-state index in [1.807, 2.05) is 30.6 Å². The van der Waals surface area contributed by atoms with E-state index < -0.39 is 0 Å². The maximum atomic E-state index is 5.12. The molecule has 5 nitrogen and oxygen atoms in total. The average Bonchev–Trinajstić information content (AvgIpc) is 2.84. The topological polar surface area (TPSA) is 52.0 Å². The molecule has 0 radical (unpaired) electrons. The van der Waals surface area contributed by atoms with E-state index in [2.05, 4.69) is 26.8 Å². The van der Waals surface area contributed by atoms with Gasteiger partial charge in [-0.1, -0.05) is 13.0 Å². The fourth-order valence-corrected chi connectivity index (χ4v) is 1.72. The quantitative estimate of drug-likeness (QED) is 0.838. The van der Waals surface area contributed by atoms with Crippen LogP contribution in [0.2, 0.25) is 0 Å². The molecule has 2 aromatic heterocycles. The van der Waals surface area contributed by atoms with Crippen LogP contribution in [-0.4, -0.2) is 28.2 Å². The van der Waals surface area contributed by atoms with Crippen LogP contribution in [0.4, 0.5) is 0 Å². The maximum absolute atomic E-state index is 5.12. The van der Waals surface area contributed by atoms with Gasteiger partial charge in [-0.3, -0.25) is 0 Å². The summed E-state index contributed by atoms with van der Waals surface area (Å²) in [5, 5.41) is 3.27. The van der Waals surface area contributed by atoms with Crippen molar-refractivity contribution in [3.63, 3.8) is 0 Å². The van der Waals surface area contributed by atoms with Crippen LogP contribution in [0.1, 0.15) is 18.4 Å². The number of ether oxygens (including phenoxy) is 1. The highest BCUT2D eigenvalue weighted by Gasteiger charge is 2.04. The molecular weight excluding hydrogens is 228 g/mol. The van der Waals surface area contributed by atoms with Gasteiger partial charge in [0, 0.05) is 18.5 Å². The Morgan fingerprint density at radius 2 is 2.28 bits per heavy atom. The molecule has 0 atom stereocenters. The molecule has 0 fully saturated rings. The molecule has 0 spiro atoms. The number of imidazole rings is 1. The molecule has 2 aromatic rings. The summed E-state index contributed by atoms with van der Waals surface area (Å²) in [5.41, 5.74) is 0.963. The largest absolute Gasteiger partial charge is 0.481 e. The van der Waals surface area contributed by atoms with E-state index in [-0.39, 0.29) is 0 Å². The number of nitrogens with zero attached hydrogens (tertiary/aromatic N) is 3. The van der Waals surface area contributed by atoms with E-state index in [4.69, 9.17) is 4.74 Å². The minimum Gasteiger partial charge on any atom is -0.481 e. The van der Waals surface area contributed by atoms with Gasteiger partial charge in [0.05, 0.1) is 25.9 Å². The van der Waals surface area contributed by atoms with Gasteiger partial charge in [0.2, 0.25) is 5.88 Å². The van der Waals surface area contributed by atoms with Crippen LogP contribution in [0.25, 0.3) is 0 Å². The standard InChI is InChI=1S/C13H18N4O/c1-3-14-9-12-15-7-8-17(12)10-11-5-4-6-13(16-11)18-2/h4-8,14H,3,9-10H2,1-2H3. The number of hydrogen-bond acceptors (Lipinski definition) is 4. The molecule has 18 heavy (non-hydrogen) atoms. The second-order valence-corrected chi connectivity index (χ2v) is 3.92. The highest BCUT2D eigenvalue weighted by Crippen LogP contribution is 2.09. The molecule has 96 valence electrons. The lowest BCUT2D eigenvalue weighted by atomic mass is 10.3. The molecule has 0 saturated carbocycles. The van der Waals surface area contributed by atoms with Crippen LogP contribution < -0.4 is 10.1 Å². The number of methoxy groups -OCH3 is 1. The summed E-state index contributed by atoms with van der Waals surface area (Å²) in [6, 6.07) is 5.78. The van der Waals surface area contributed by atoms with Crippen molar-refractivity contribution >= 4 is 0 Å². The van der Waals surface area contributed by atoms with E-state index >= 15 is 0 Å². The third-order valence-electron chi connectivity index (χ3n) is 2.66. The molecule has 1 N–H and O–H groups in total. The zero-order chi connectivity index (χ0) is 12.8. The van der Waals surface area contributed by atoms with Gasteiger partial charge in [-0.25, -0.2) is 9.97 Å². The summed E-state index contributed by atoms with van der Waals surface area (Å²) in [4.78, 5) is 8.73. The van der Waals surface area contributed by atoms with Crippen LogP contribution in [0.5, 0.6) is 5.88 Å². The second kappa shape index (κ2) is 6.16. The van der Waals surface area contributed by atoms with Crippen molar-refractivity contribution in [3.8, 4) is 5.88 Å². The molecule has 0 saturated heterocycles. The number of rotatable bonds is 6. The molecule has 0 aromatic carbocycles. The van der Waals surface area contributed by atoms with Crippen molar-refractivity contribution in [3.05, 3.63) is 42.1 Å². The van der Waals surface area contributed by atoms with E-state index in [1.54, 1.807) is 7.11 Å². The second-order valence-electron chi connectivity index (χ2n) is 3.92. The van der Waals surface area contributed by atoms with Crippen molar-refractivity contribution in [1.82, 2.24) is 19.9 Å². The Morgan fingerprint density at radius 3 is 3.06 bits per heavy atom. The summed E-state index contributed by atoms with van der Waals surface area (Å²) in [5.74, 6) is 1.65. The van der Waals surface area contributed by atoms with Gasteiger partial charge in [-0.05, 0) is 12.6 Å². The Labute approximate surface area is 107 Å². The van der Waals surface area contributed by atoms with Crippen molar-refractivity contribution in [2.45, 2.75) is 20.0 Å². The zero-order valence-corrected chi connectivity index (χ0v) is 10.8. The highest BCUT2D eigenvalue weighted by atomic mass is 16.5. The summed E-state index contributed by atoms with van der Waals surface area (Å²) < 4.78 is 7.21.